The summed E-state index contributed by atoms with van der Waals surface area (Å²) in [6.45, 7) is 3.76. The van der Waals surface area contributed by atoms with E-state index in [1.807, 2.05) is 6.07 Å². The maximum atomic E-state index is 11.6. The number of fused-ring (bicyclic) bond motifs is 1. The second-order valence-corrected chi connectivity index (χ2v) is 4.23. The Bertz CT molecular complexity index is 429. The standard InChI is InChI=1S/C11H14N2O3/c1-11(2)10(14)13-8-5-7(6-12-15)3-4-9(8)16-11/h3-5,12,15H,6H2,1-2H3,(H,13,14). The molecule has 3 N–H and O–H groups in total. The number of benzene rings is 1. The van der Waals surface area contributed by atoms with E-state index in [4.69, 9.17) is 9.94 Å². The highest BCUT2D eigenvalue weighted by Crippen LogP contribution is 2.33. The molecule has 16 heavy (non-hydrogen) atoms. The lowest BCUT2D eigenvalue weighted by Crippen LogP contribution is -2.45. The number of carbonyl (C=O) groups is 1. The van der Waals surface area contributed by atoms with E-state index in [2.05, 4.69) is 10.8 Å². The van der Waals surface area contributed by atoms with Crippen molar-refractivity contribution >= 4 is 11.6 Å². The van der Waals surface area contributed by atoms with E-state index in [1.165, 1.54) is 0 Å². The number of hydrogen-bond donors (Lipinski definition) is 3. The van der Waals surface area contributed by atoms with E-state index in [1.54, 1.807) is 26.0 Å². The monoisotopic (exact) mass is 222 g/mol. The summed E-state index contributed by atoms with van der Waals surface area (Å²) in [7, 11) is 0. The topological polar surface area (TPSA) is 70.6 Å². The van der Waals surface area contributed by atoms with Crippen LogP contribution in [0, 0.1) is 0 Å². The van der Waals surface area contributed by atoms with Gasteiger partial charge in [-0.15, -0.1) is 0 Å². The van der Waals surface area contributed by atoms with Crippen molar-refractivity contribution in [1.29, 1.82) is 0 Å². The van der Waals surface area contributed by atoms with E-state index in [9.17, 15) is 4.79 Å². The molecule has 0 bridgehead atoms. The van der Waals surface area contributed by atoms with Gasteiger partial charge in [0.1, 0.15) is 5.75 Å². The predicted octanol–water partition coefficient (Wildman–Crippen LogP) is 1.27. The molecule has 0 unspecified atom stereocenters. The molecule has 0 saturated carbocycles. The van der Waals surface area contributed by atoms with Crippen molar-refractivity contribution in [2.45, 2.75) is 26.0 Å². The molecular weight excluding hydrogens is 208 g/mol. The van der Waals surface area contributed by atoms with Gasteiger partial charge in [0, 0.05) is 6.54 Å². The largest absolute Gasteiger partial charge is 0.476 e. The van der Waals surface area contributed by atoms with E-state index in [-0.39, 0.29) is 5.91 Å². The maximum absolute atomic E-state index is 11.6. The Morgan fingerprint density at radius 3 is 2.94 bits per heavy atom. The van der Waals surface area contributed by atoms with Gasteiger partial charge < -0.3 is 15.3 Å². The molecule has 1 aromatic rings. The van der Waals surface area contributed by atoms with E-state index in [0.29, 0.717) is 18.0 Å². The second kappa shape index (κ2) is 3.77. The SMILES string of the molecule is CC1(C)Oc2ccc(CNO)cc2NC1=O. The summed E-state index contributed by atoms with van der Waals surface area (Å²) in [6.07, 6.45) is 0. The van der Waals surface area contributed by atoms with Crippen molar-refractivity contribution in [3.63, 3.8) is 0 Å². The molecule has 1 aromatic carbocycles. The average Bonchev–Trinajstić information content (AvgIpc) is 2.20. The van der Waals surface area contributed by atoms with Gasteiger partial charge in [0.25, 0.3) is 5.91 Å². The van der Waals surface area contributed by atoms with Crippen molar-refractivity contribution in [3.05, 3.63) is 23.8 Å². The van der Waals surface area contributed by atoms with Crippen LogP contribution in [0.3, 0.4) is 0 Å². The van der Waals surface area contributed by atoms with E-state index >= 15 is 0 Å². The molecule has 0 saturated heterocycles. The highest BCUT2D eigenvalue weighted by Gasteiger charge is 2.35. The zero-order chi connectivity index (χ0) is 11.8. The molecule has 0 aromatic heterocycles. The van der Waals surface area contributed by atoms with Gasteiger partial charge in [-0.05, 0) is 31.5 Å². The third kappa shape index (κ3) is 1.87. The molecule has 5 nitrogen and oxygen atoms in total. The van der Waals surface area contributed by atoms with Gasteiger partial charge in [0.2, 0.25) is 0 Å². The zero-order valence-electron chi connectivity index (χ0n) is 9.20. The van der Waals surface area contributed by atoms with Gasteiger partial charge in [-0.3, -0.25) is 4.79 Å². The molecule has 0 aliphatic carbocycles. The Labute approximate surface area is 93.4 Å². The minimum atomic E-state index is -0.844. The van der Waals surface area contributed by atoms with Crippen molar-refractivity contribution in [1.82, 2.24) is 5.48 Å². The fourth-order valence-electron chi connectivity index (χ4n) is 1.56. The molecule has 1 heterocycles. The van der Waals surface area contributed by atoms with Gasteiger partial charge in [0.15, 0.2) is 5.60 Å². The van der Waals surface area contributed by atoms with Crippen molar-refractivity contribution in [3.8, 4) is 5.75 Å². The van der Waals surface area contributed by atoms with Crippen LogP contribution < -0.4 is 15.5 Å². The van der Waals surface area contributed by atoms with Crippen LogP contribution >= 0.6 is 0 Å². The van der Waals surface area contributed by atoms with E-state index < -0.39 is 5.60 Å². The number of amides is 1. The molecule has 0 radical (unpaired) electrons. The number of rotatable bonds is 2. The molecule has 1 aliphatic rings. The van der Waals surface area contributed by atoms with Crippen molar-refractivity contribution in [2.24, 2.45) is 0 Å². The smallest absolute Gasteiger partial charge is 0.268 e. The number of carbonyl (C=O) groups excluding carboxylic acids is 1. The number of ether oxygens (including phenoxy) is 1. The lowest BCUT2D eigenvalue weighted by molar-refractivity contribution is -0.129. The summed E-state index contributed by atoms with van der Waals surface area (Å²) in [4.78, 5) is 11.6. The van der Waals surface area contributed by atoms with Gasteiger partial charge in [-0.25, -0.2) is 5.48 Å². The lowest BCUT2D eigenvalue weighted by atomic mass is 10.1. The van der Waals surface area contributed by atoms with Crippen LogP contribution in [-0.4, -0.2) is 16.7 Å². The molecule has 1 amide bonds. The van der Waals surface area contributed by atoms with Crippen LogP contribution in [0.1, 0.15) is 19.4 Å². The fraction of sp³-hybridized carbons (Fsp3) is 0.364. The Balaban J connectivity index is 2.33. The second-order valence-electron chi connectivity index (χ2n) is 4.23. The van der Waals surface area contributed by atoms with Crippen LogP contribution in [0.5, 0.6) is 5.75 Å². The normalized spacial score (nSPS) is 17.3. The molecule has 2 rings (SSSR count). The number of hydrogen-bond acceptors (Lipinski definition) is 4. The van der Waals surface area contributed by atoms with Crippen molar-refractivity contribution < 1.29 is 14.7 Å². The van der Waals surface area contributed by atoms with Gasteiger partial charge >= 0.3 is 0 Å². The zero-order valence-corrected chi connectivity index (χ0v) is 9.20. The van der Waals surface area contributed by atoms with Crippen molar-refractivity contribution in [2.75, 3.05) is 5.32 Å². The third-order valence-corrected chi connectivity index (χ3v) is 2.49. The Morgan fingerprint density at radius 1 is 1.50 bits per heavy atom. The maximum Gasteiger partial charge on any atom is 0.268 e. The van der Waals surface area contributed by atoms with Crippen LogP contribution in [0.25, 0.3) is 0 Å². The highest BCUT2D eigenvalue weighted by atomic mass is 16.5. The van der Waals surface area contributed by atoms with Crippen LogP contribution in [0.4, 0.5) is 5.69 Å². The summed E-state index contributed by atoms with van der Waals surface area (Å²) < 4.78 is 5.57. The number of hydroxylamine groups is 1. The first-order valence-corrected chi connectivity index (χ1v) is 5.03. The average molecular weight is 222 g/mol. The summed E-state index contributed by atoms with van der Waals surface area (Å²) >= 11 is 0. The van der Waals surface area contributed by atoms with Gasteiger partial charge in [-0.1, -0.05) is 6.07 Å². The molecule has 0 atom stereocenters. The first kappa shape index (κ1) is 10.9. The Kier molecular flexibility index (Phi) is 2.57. The predicted molar refractivity (Wildman–Crippen MR) is 58.4 cm³/mol. The highest BCUT2D eigenvalue weighted by molar-refractivity contribution is 6.00. The quantitative estimate of drug-likeness (QED) is 0.659. The summed E-state index contributed by atoms with van der Waals surface area (Å²) in [5, 5.41) is 11.4. The fourth-order valence-corrected chi connectivity index (χ4v) is 1.56. The number of anilines is 1. The molecule has 86 valence electrons. The molecule has 0 fully saturated rings. The minimum absolute atomic E-state index is 0.172. The van der Waals surface area contributed by atoms with Crippen LogP contribution in [0.15, 0.2) is 18.2 Å². The lowest BCUT2D eigenvalue weighted by Gasteiger charge is -2.31. The molecule has 5 heteroatoms. The van der Waals surface area contributed by atoms with E-state index in [0.717, 1.165) is 5.56 Å². The Morgan fingerprint density at radius 2 is 2.25 bits per heavy atom. The Hall–Kier alpha value is -1.59. The summed E-state index contributed by atoms with van der Waals surface area (Å²) in [5.41, 5.74) is 2.72. The first-order chi connectivity index (χ1) is 7.53. The minimum Gasteiger partial charge on any atom is -0.476 e. The van der Waals surface area contributed by atoms with Gasteiger partial charge in [0.05, 0.1) is 5.69 Å². The van der Waals surface area contributed by atoms with Crippen LogP contribution in [0.2, 0.25) is 0 Å². The van der Waals surface area contributed by atoms with Gasteiger partial charge in [-0.2, -0.15) is 0 Å². The van der Waals surface area contributed by atoms with Crippen LogP contribution in [-0.2, 0) is 11.3 Å². The molecule has 0 spiro atoms. The number of nitrogens with one attached hydrogen (secondary N) is 2. The molecular formula is C11H14N2O3. The summed E-state index contributed by atoms with van der Waals surface area (Å²) in [5.74, 6) is 0.473. The first-order valence-electron chi connectivity index (χ1n) is 5.03. The summed E-state index contributed by atoms with van der Waals surface area (Å²) in [6, 6.07) is 5.38. The molecule has 1 aliphatic heterocycles. The third-order valence-electron chi connectivity index (χ3n) is 2.49.